The number of nitrogen functional groups attached to an aromatic ring is 1. The fraction of sp³-hybridized carbons (Fsp3) is 0.692. The summed E-state index contributed by atoms with van der Waals surface area (Å²) >= 11 is 4.96. The van der Waals surface area contributed by atoms with Gasteiger partial charge in [0.05, 0.1) is 18.9 Å². The third kappa shape index (κ3) is 3.35. The highest BCUT2D eigenvalue weighted by atomic mass is 32.5. The van der Waals surface area contributed by atoms with Gasteiger partial charge in [0.15, 0.2) is 23.3 Å². The average molecular weight is 451 g/mol. The zero-order valence-corrected chi connectivity index (χ0v) is 16.1. The molecule has 0 radical (unpaired) electrons. The number of nitrogens with zero attached hydrogens (tertiary/aromatic N) is 2. The van der Waals surface area contributed by atoms with Crippen molar-refractivity contribution in [2.24, 2.45) is 0 Å². The summed E-state index contributed by atoms with van der Waals surface area (Å²) < 4.78 is 91.5. The highest BCUT2D eigenvalue weighted by molar-refractivity contribution is 8.07. The number of halogens is 5. The minimum absolute atomic E-state index is 0.0320. The molecule has 28 heavy (non-hydrogen) atoms. The maximum Gasteiger partial charge on any atom is 0.352 e. The number of anilines is 1. The molecule has 4 unspecified atom stereocenters. The smallest absolute Gasteiger partial charge is 0.352 e. The van der Waals surface area contributed by atoms with Crippen LogP contribution in [0.2, 0.25) is 0 Å². The summed E-state index contributed by atoms with van der Waals surface area (Å²) in [7, 11) is 0. The number of ether oxygens (including phenoxy) is 1. The van der Waals surface area contributed by atoms with Crippen LogP contribution >= 0.6 is 6.72 Å². The Hall–Kier alpha value is -1.18. The molecule has 0 amide bonds. The summed E-state index contributed by atoms with van der Waals surface area (Å²) in [5, 5.41) is 0. The van der Waals surface area contributed by atoms with Crippen molar-refractivity contribution in [2.45, 2.75) is 50.2 Å². The third-order valence-corrected chi connectivity index (χ3v) is 6.46. The van der Waals surface area contributed by atoms with Crippen molar-refractivity contribution in [2.75, 3.05) is 12.3 Å². The van der Waals surface area contributed by atoms with Crippen molar-refractivity contribution < 1.29 is 40.3 Å². The van der Waals surface area contributed by atoms with E-state index < -0.39 is 67.0 Å². The van der Waals surface area contributed by atoms with Gasteiger partial charge in [-0.1, -0.05) is 0 Å². The SMILES string of the molecule is CC(C)OP1(=S)OCC2(C(F)F)OC(n3cc(F)c(N)nc3=O)C(F)(F)C2O1. The summed E-state index contributed by atoms with van der Waals surface area (Å²) in [4.78, 5) is 14.9. The van der Waals surface area contributed by atoms with Crippen LogP contribution < -0.4 is 11.4 Å². The fourth-order valence-corrected chi connectivity index (χ4v) is 5.38. The largest absolute Gasteiger partial charge is 0.381 e. The van der Waals surface area contributed by atoms with Crippen LogP contribution in [0.5, 0.6) is 0 Å². The van der Waals surface area contributed by atoms with Crippen molar-refractivity contribution in [3.8, 4) is 0 Å². The van der Waals surface area contributed by atoms with Gasteiger partial charge in [0.1, 0.15) is 0 Å². The molecular formula is C13H15F5N3O5PS. The Labute approximate surface area is 160 Å². The Balaban J connectivity index is 2.08. The molecule has 0 aromatic carbocycles. The Morgan fingerprint density at radius 3 is 2.68 bits per heavy atom. The molecule has 0 spiro atoms. The van der Waals surface area contributed by atoms with Crippen LogP contribution in [0.3, 0.4) is 0 Å². The predicted octanol–water partition coefficient (Wildman–Crippen LogP) is 2.20. The molecule has 0 aliphatic carbocycles. The molecule has 158 valence electrons. The van der Waals surface area contributed by atoms with Crippen molar-refractivity contribution in [1.82, 2.24) is 9.55 Å². The first-order valence-corrected chi connectivity index (χ1v) is 10.4. The molecule has 1 aromatic rings. The molecule has 0 saturated carbocycles. The molecule has 8 nitrogen and oxygen atoms in total. The minimum atomic E-state index is -4.24. The molecular weight excluding hydrogens is 436 g/mol. The molecule has 1 aromatic heterocycles. The topological polar surface area (TPSA) is 97.8 Å². The van der Waals surface area contributed by atoms with Crippen LogP contribution in [0.4, 0.5) is 27.8 Å². The van der Waals surface area contributed by atoms with Crippen LogP contribution in [-0.4, -0.2) is 46.3 Å². The quantitative estimate of drug-likeness (QED) is 0.550. The summed E-state index contributed by atoms with van der Waals surface area (Å²) in [5.41, 5.74) is 0.721. The molecule has 2 fully saturated rings. The number of hydrogen-bond donors (Lipinski definition) is 1. The van der Waals surface area contributed by atoms with E-state index >= 15 is 8.78 Å². The van der Waals surface area contributed by atoms with Gasteiger partial charge in [-0.2, -0.15) is 13.8 Å². The molecule has 15 heteroatoms. The van der Waals surface area contributed by atoms with Gasteiger partial charge in [0.25, 0.3) is 6.43 Å². The first kappa shape index (κ1) is 21.5. The molecule has 2 N–H and O–H groups in total. The first-order chi connectivity index (χ1) is 12.8. The van der Waals surface area contributed by atoms with E-state index in [1.165, 1.54) is 13.8 Å². The number of rotatable bonds is 4. The van der Waals surface area contributed by atoms with E-state index in [9.17, 15) is 18.0 Å². The highest BCUT2D eigenvalue weighted by Crippen LogP contribution is 2.64. The second-order valence-corrected chi connectivity index (χ2v) is 9.34. The van der Waals surface area contributed by atoms with E-state index in [1.54, 1.807) is 0 Å². The van der Waals surface area contributed by atoms with E-state index in [1.807, 2.05) is 0 Å². The van der Waals surface area contributed by atoms with Crippen molar-refractivity contribution in [3.05, 3.63) is 22.5 Å². The Kier molecular flexibility index (Phi) is 5.35. The number of nitrogens with two attached hydrogens (primary N) is 1. The zero-order valence-electron chi connectivity index (χ0n) is 14.4. The van der Waals surface area contributed by atoms with E-state index in [4.69, 9.17) is 35.8 Å². The minimum Gasteiger partial charge on any atom is -0.381 e. The van der Waals surface area contributed by atoms with Crippen LogP contribution in [0.25, 0.3) is 0 Å². The van der Waals surface area contributed by atoms with E-state index in [0.29, 0.717) is 6.20 Å². The normalized spacial score (nSPS) is 34.8. The van der Waals surface area contributed by atoms with Crippen LogP contribution in [0, 0.1) is 5.82 Å². The lowest BCUT2D eigenvalue weighted by molar-refractivity contribution is -0.205. The van der Waals surface area contributed by atoms with Gasteiger partial charge in [-0.25, -0.2) is 18.0 Å². The van der Waals surface area contributed by atoms with Gasteiger partial charge in [-0.15, -0.1) is 0 Å². The van der Waals surface area contributed by atoms with Crippen molar-refractivity contribution >= 4 is 24.3 Å². The molecule has 2 aliphatic rings. The average Bonchev–Trinajstić information content (AvgIpc) is 2.79. The monoisotopic (exact) mass is 451 g/mol. The van der Waals surface area contributed by atoms with E-state index in [-0.39, 0.29) is 4.57 Å². The molecule has 3 rings (SSSR count). The van der Waals surface area contributed by atoms with Gasteiger partial charge in [0.2, 0.25) is 6.23 Å². The van der Waals surface area contributed by atoms with Gasteiger partial charge < -0.3 is 19.5 Å². The number of fused-ring (bicyclic) bond motifs is 1. The maximum absolute atomic E-state index is 15.1. The molecule has 2 saturated heterocycles. The number of hydrogen-bond acceptors (Lipinski definition) is 8. The standard InChI is InChI=1S/C13H15F5N3O5PS/c1-5(2)25-27(28)23-4-12(9(15)16)8(26-27)13(17,18)10(24-12)21-3-6(14)7(19)20-11(21)22/h3,5,8-10H,4H2,1-2H3,(H2,19,20,22). The second-order valence-electron chi connectivity index (χ2n) is 6.42. The van der Waals surface area contributed by atoms with E-state index in [0.717, 1.165) is 0 Å². The van der Waals surface area contributed by atoms with Gasteiger partial charge in [-0.05, 0) is 25.7 Å². The summed E-state index contributed by atoms with van der Waals surface area (Å²) in [6.45, 7) is -1.85. The zero-order chi connectivity index (χ0) is 21.1. The lowest BCUT2D eigenvalue weighted by atomic mass is 9.96. The maximum atomic E-state index is 15.1. The Morgan fingerprint density at radius 1 is 1.46 bits per heavy atom. The lowest BCUT2D eigenvalue weighted by Gasteiger charge is -2.41. The fourth-order valence-electron chi connectivity index (χ4n) is 2.82. The summed E-state index contributed by atoms with van der Waals surface area (Å²) in [6.07, 6.45) is -9.10. The van der Waals surface area contributed by atoms with Crippen LogP contribution in [0.1, 0.15) is 20.1 Å². The number of alkyl halides is 4. The van der Waals surface area contributed by atoms with Gasteiger partial charge >= 0.3 is 18.3 Å². The van der Waals surface area contributed by atoms with Crippen molar-refractivity contribution in [3.63, 3.8) is 0 Å². The van der Waals surface area contributed by atoms with E-state index in [2.05, 4.69) is 4.98 Å². The predicted molar refractivity (Wildman–Crippen MR) is 88.0 cm³/mol. The van der Waals surface area contributed by atoms with Gasteiger partial charge in [0, 0.05) is 0 Å². The summed E-state index contributed by atoms with van der Waals surface area (Å²) in [5.74, 6) is -6.40. The lowest BCUT2D eigenvalue weighted by Crippen LogP contribution is -2.57. The molecule has 4 atom stereocenters. The van der Waals surface area contributed by atoms with Gasteiger partial charge in [-0.3, -0.25) is 9.09 Å². The van der Waals surface area contributed by atoms with Crippen molar-refractivity contribution in [1.29, 1.82) is 0 Å². The Bertz CT molecular complexity index is 887. The number of aromatic nitrogens is 2. The molecule has 0 bridgehead atoms. The molecule has 2 aliphatic heterocycles. The third-order valence-electron chi connectivity index (χ3n) is 4.03. The molecule has 3 heterocycles. The Morgan fingerprint density at radius 2 is 2.11 bits per heavy atom. The summed E-state index contributed by atoms with van der Waals surface area (Å²) in [6, 6.07) is 0. The first-order valence-electron chi connectivity index (χ1n) is 7.82. The highest BCUT2D eigenvalue weighted by Gasteiger charge is 2.75. The van der Waals surface area contributed by atoms with Crippen LogP contribution in [-0.2, 0) is 30.1 Å². The second kappa shape index (κ2) is 6.96. The van der Waals surface area contributed by atoms with Crippen LogP contribution in [0.15, 0.2) is 11.0 Å².